The highest BCUT2D eigenvalue weighted by Crippen LogP contribution is 2.20. The maximum Gasteiger partial charge on any atom is 0.262 e. The minimum atomic E-state index is -0.381. The van der Waals surface area contributed by atoms with Crippen LogP contribution in [0.15, 0.2) is 91.0 Å². The average Bonchev–Trinajstić information content (AvgIpc) is 2.79. The summed E-state index contributed by atoms with van der Waals surface area (Å²) in [5.74, 6) is -0.491. The highest BCUT2D eigenvalue weighted by atomic mass is 19.1. The second kappa shape index (κ2) is 9.09. The molecule has 0 saturated heterocycles. The SMILES string of the molecule is O=C(COc1ccc2ccccc2c1)Nc1cccc(C(=O)Nc2ccc(F)cc2)c1. The Kier molecular flexibility index (Phi) is 5.89. The lowest BCUT2D eigenvalue weighted by Crippen LogP contribution is -2.20. The van der Waals surface area contributed by atoms with Crippen molar-refractivity contribution in [3.05, 3.63) is 102 Å². The molecule has 4 aromatic rings. The van der Waals surface area contributed by atoms with Crippen LogP contribution in [0.3, 0.4) is 0 Å². The van der Waals surface area contributed by atoms with Gasteiger partial charge in [0.25, 0.3) is 11.8 Å². The van der Waals surface area contributed by atoms with Crippen molar-refractivity contribution in [2.24, 2.45) is 0 Å². The molecule has 0 aromatic heterocycles. The van der Waals surface area contributed by atoms with Crippen molar-refractivity contribution in [2.45, 2.75) is 0 Å². The van der Waals surface area contributed by atoms with Crippen LogP contribution in [0.1, 0.15) is 10.4 Å². The molecule has 5 nitrogen and oxygen atoms in total. The maximum absolute atomic E-state index is 13.0. The molecule has 0 aliphatic heterocycles. The fourth-order valence-corrected chi connectivity index (χ4v) is 3.08. The van der Waals surface area contributed by atoms with Crippen molar-refractivity contribution in [3.63, 3.8) is 0 Å². The standard InChI is InChI=1S/C25H19FN2O3/c26-20-9-11-21(12-10-20)28-25(30)19-6-3-7-22(14-19)27-24(29)16-31-23-13-8-17-4-1-2-5-18(17)15-23/h1-15H,16H2,(H,27,29)(H,28,30). The lowest BCUT2D eigenvalue weighted by Gasteiger charge is -2.10. The van der Waals surface area contributed by atoms with E-state index in [-0.39, 0.29) is 24.2 Å². The molecule has 4 rings (SSSR count). The Morgan fingerprint density at radius 2 is 1.52 bits per heavy atom. The molecular formula is C25H19FN2O3. The minimum absolute atomic E-state index is 0.162. The number of halogens is 1. The molecule has 0 aliphatic rings. The number of amides is 2. The summed E-state index contributed by atoms with van der Waals surface area (Å²) in [5, 5.41) is 7.53. The number of ether oxygens (including phenoxy) is 1. The molecule has 0 fully saturated rings. The van der Waals surface area contributed by atoms with E-state index in [4.69, 9.17) is 4.74 Å². The van der Waals surface area contributed by atoms with Gasteiger partial charge in [0.1, 0.15) is 11.6 Å². The summed E-state index contributed by atoms with van der Waals surface area (Å²) in [7, 11) is 0. The largest absolute Gasteiger partial charge is 0.484 e. The van der Waals surface area contributed by atoms with Crippen molar-refractivity contribution in [1.82, 2.24) is 0 Å². The van der Waals surface area contributed by atoms with Crippen molar-refractivity contribution >= 4 is 34.0 Å². The van der Waals surface area contributed by atoms with Gasteiger partial charge >= 0.3 is 0 Å². The molecule has 31 heavy (non-hydrogen) atoms. The molecule has 2 amide bonds. The van der Waals surface area contributed by atoms with E-state index in [9.17, 15) is 14.0 Å². The molecule has 154 valence electrons. The molecule has 2 N–H and O–H groups in total. The maximum atomic E-state index is 13.0. The smallest absolute Gasteiger partial charge is 0.262 e. The van der Waals surface area contributed by atoms with E-state index >= 15 is 0 Å². The second-order valence-corrected chi connectivity index (χ2v) is 6.89. The summed E-state index contributed by atoms with van der Waals surface area (Å²) < 4.78 is 18.6. The number of carbonyl (C=O) groups excluding carboxylic acids is 2. The Morgan fingerprint density at radius 1 is 0.742 bits per heavy atom. The first-order valence-corrected chi connectivity index (χ1v) is 9.65. The predicted molar refractivity (Wildman–Crippen MR) is 119 cm³/mol. The van der Waals surface area contributed by atoms with E-state index in [0.29, 0.717) is 22.7 Å². The van der Waals surface area contributed by atoms with Crippen molar-refractivity contribution in [2.75, 3.05) is 17.2 Å². The molecular weight excluding hydrogens is 395 g/mol. The first kappa shape index (κ1) is 20.1. The fraction of sp³-hybridized carbons (Fsp3) is 0.0400. The van der Waals surface area contributed by atoms with Crippen LogP contribution in [-0.2, 0) is 4.79 Å². The van der Waals surface area contributed by atoms with Crippen LogP contribution in [0.25, 0.3) is 10.8 Å². The Hall–Kier alpha value is -4.19. The molecule has 0 heterocycles. The van der Waals surface area contributed by atoms with Gasteiger partial charge in [-0.3, -0.25) is 9.59 Å². The van der Waals surface area contributed by atoms with Gasteiger partial charge in [-0.05, 0) is 65.4 Å². The number of nitrogens with one attached hydrogen (secondary N) is 2. The number of carbonyl (C=O) groups is 2. The lowest BCUT2D eigenvalue weighted by molar-refractivity contribution is -0.118. The first-order chi connectivity index (χ1) is 15.1. The van der Waals surface area contributed by atoms with Gasteiger partial charge in [-0.2, -0.15) is 0 Å². The van der Waals surface area contributed by atoms with E-state index in [1.807, 2.05) is 42.5 Å². The van der Waals surface area contributed by atoms with Crippen LogP contribution in [0, 0.1) is 5.82 Å². The normalized spacial score (nSPS) is 10.5. The summed E-state index contributed by atoms with van der Waals surface area (Å²) in [6, 6.07) is 25.5. The summed E-state index contributed by atoms with van der Waals surface area (Å²) in [6.07, 6.45) is 0. The molecule has 4 aromatic carbocycles. The third-order valence-corrected chi connectivity index (χ3v) is 4.60. The van der Waals surface area contributed by atoms with Gasteiger partial charge in [0.15, 0.2) is 6.61 Å². The minimum Gasteiger partial charge on any atom is -0.484 e. The molecule has 0 aliphatic carbocycles. The van der Waals surface area contributed by atoms with Crippen LogP contribution in [-0.4, -0.2) is 18.4 Å². The monoisotopic (exact) mass is 414 g/mol. The number of anilines is 2. The third-order valence-electron chi connectivity index (χ3n) is 4.60. The predicted octanol–water partition coefficient (Wildman–Crippen LogP) is 5.25. The van der Waals surface area contributed by atoms with Gasteiger partial charge in [0.05, 0.1) is 0 Å². The highest BCUT2D eigenvalue weighted by Gasteiger charge is 2.09. The van der Waals surface area contributed by atoms with E-state index in [0.717, 1.165) is 10.8 Å². The Labute approximate surface area is 178 Å². The summed E-state index contributed by atoms with van der Waals surface area (Å²) >= 11 is 0. The van der Waals surface area contributed by atoms with Gasteiger partial charge in [0, 0.05) is 16.9 Å². The van der Waals surface area contributed by atoms with E-state index in [1.165, 1.54) is 24.3 Å². The second-order valence-electron chi connectivity index (χ2n) is 6.89. The summed E-state index contributed by atoms with van der Waals surface area (Å²) in [5.41, 5.74) is 1.31. The molecule has 0 bridgehead atoms. The molecule has 0 saturated carbocycles. The molecule has 0 spiro atoms. The topological polar surface area (TPSA) is 67.4 Å². The Morgan fingerprint density at radius 3 is 2.32 bits per heavy atom. The highest BCUT2D eigenvalue weighted by molar-refractivity contribution is 6.05. The van der Waals surface area contributed by atoms with Gasteiger partial charge in [-0.1, -0.05) is 36.4 Å². The number of benzene rings is 4. The van der Waals surface area contributed by atoms with Crippen LogP contribution in [0.5, 0.6) is 5.75 Å². The summed E-state index contributed by atoms with van der Waals surface area (Å²) in [4.78, 5) is 24.7. The van der Waals surface area contributed by atoms with E-state index < -0.39 is 0 Å². The number of hydrogen-bond acceptors (Lipinski definition) is 3. The van der Waals surface area contributed by atoms with Crippen LogP contribution >= 0.6 is 0 Å². The molecule has 0 atom stereocenters. The zero-order valence-electron chi connectivity index (χ0n) is 16.5. The number of rotatable bonds is 6. The van der Waals surface area contributed by atoms with Crippen molar-refractivity contribution in [1.29, 1.82) is 0 Å². The molecule has 6 heteroatoms. The van der Waals surface area contributed by atoms with Gasteiger partial charge in [0.2, 0.25) is 0 Å². The lowest BCUT2D eigenvalue weighted by atomic mass is 10.1. The zero-order valence-corrected chi connectivity index (χ0v) is 16.5. The third kappa shape index (κ3) is 5.25. The first-order valence-electron chi connectivity index (χ1n) is 9.65. The van der Waals surface area contributed by atoms with Gasteiger partial charge < -0.3 is 15.4 Å². The average molecular weight is 414 g/mol. The number of hydrogen-bond donors (Lipinski definition) is 2. The zero-order chi connectivity index (χ0) is 21.6. The Bertz CT molecular complexity index is 1240. The molecule has 0 radical (unpaired) electrons. The summed E-state index contributed by atoms with van der Waals surface area (Å²) in [6.45, 7) is -0.162. The van der Waals surface area contributed by atoms with Crippen LogP contribution in [0.2, 0.25) is 0 Å². The Balaban J connectivity index is 1.35. The van der Waals surface area contributed by atoms with E-state index in [2.05, 4.69) is 10.6 Å². The van der Waals surface area contributed by atoms with Gasteiger partial charge in [-0.15, -0.1) is 0 Å². The van der Waals surface area contributed by atoms with Crippen LogP contribution < -0.4 is 15.4 Å². The van der Waals surface area contributed by atoms with Crippen LogP contribution in [0.4, 0.5) is 15.8 Å². The van der Waals surface area contributed by atoms with Crippen molar-refractivity contribution in [3.8, 4) is 5.75 Å². The van der Waals surface area contributed by atoms with E-state index in [1.54, 1.807) is 24.3 Å². The molecule has 0 unspecified atom stereocenters. The fourth-order valence-electron chi connectivity index (χ4n) is 3.08. The van der Waals surface area contributed by atoms with Crippen molar-refractivity contribution < 1.29 is 18.7 Å². The number of fused-ring (bicyclic) bond motifs is 1. The quantitative estimate of drug-likeness (QED) is 0.453. The van der Waals surface area contributed by atoms with Gasteiger partial charge in [-0.25, -0.2) is 4.39 Å².